The number of hydrogen-bond acceptors (Lipinski definition) is 1. The van der Waals surface area contributed by atoms with Gasteiger partial charge in [0.05, 0.1) is 5.69 Å². The second kappa shape index (κ2) is 4.16. The van der Waals surface area contributed by atoms with E-state index < -0.39 is 0 Å². The maximum Gasteiger partial charge on any atom is 0.0653 e. The number of nitrogens with one attached hydrogen (secondary N) is 1. The van der Waals surface area contributed by atoms with Gasteiger partial charge in [0.2, 0.25) is 0 Å². The molecule has 0 saturated carbocycles. The minimum atomic E-state index is 0.996. The van der Waals surface area contributed by atoms with E-state index in [0.717, 1.165) is 25.7 Å². The summed E-state index contributed by atoms with van der Waals surface area (Å²) in [6.07, 6.45) is 6.26. The number of nitrogens with zero attached hydrogens (tertiary/aromatic N) is 1. The van der Waals surface area contributed by atoms with Crippen molar-refractivity contribution >= 4 is 0 Å². The number of aromatic amines is 1. The Morgan fingerprint density at radius 2 is 2.45 bits per heavy atom. The van der Waals surface area contributed by atoms with Gasteiger partial charge in [-0.25, -0.2) is 0 Å². The van der Waals surface area contributed by atoms with Crippen molar-refractivity contribution in [2.75, 3.05) is 0 Å². The average Bonchev–Trinajstić information content (AvgIpc) is 2.47. The second-order valence-corrected chi connectivity index (χ2v) is 2.67. The van der Waals surface area contributed by atoms with Gasteiger partial charge in [-0.1, -0.05) is 20.3 Å². The van der Waals surface area contributed by atoms with Crippen molar-refractivity contribution in [3.05, 3.63) is 24.4 Å². The Hall–Kier alpha value is -0.790. The lowest BCUT2D eigenvalue weighted by Crippen LogP contribution is -1.90. The van der Waals surface area contributed by atoms with E-state index in [-0.39, 0.29) is 0 Å². The zero-order valence-electron chi connectivity index (χ0n) is 7.06. The van der Waals surface area contributed by atoms with E-state index in [1.54, 1.807) is 0 Å². The van der Waals surface area contributed by atoms with E-state index in [4.69, 9.17) is 0 Å². The Balaban J connectivity index is 2.54. The van der Waals surface area contributed by atoms with Gasteiger partial charge in [-0.15, -0.1) is 0 Å². The molecule has 1 radical (unpaired) electrons. The van der Waals surface area contributed by atoms with Gasteiger partial charge >= 0.3 is 0 Å². The predicted octanol–water partition coefficient (Wildman–Crippen LogP) is 2.13. The van der Waals surface area contributed by atoms with Gasteiger partial charge in [0, 0.05) is 6.20 Å². The summed E-state index contributed by atoms with van der Waals surface area (Å²) in [5.74, 6) is 0. The van der Waals surface area contributed by atoms with Crippen LogP contribution in [0.3, 0.4) is 0 Å². The van der Waals surface area contributed by atoms with Crippen molar-refractivity contribution in [3.63, 3.8) is 0 Å². The maximum absolute atomic E-state index is 4.17. The summed E-state index contributed by atoms with van der Waals surface area (Å²) in [5.41, 5.74) is 2.56. The number of aryl methyl sites for hydroxylation is 2. The molecule has 1 heterocycles. The Morgan fingerprint density at radius 1 is 1.64 bits per heavy atom. The van der Waals surface area contributed by atoms with Crippen LogP contribution in [0, 0.1) is 6.92 Å². The molecule has 0 aromatic carbocycles. The highest BCUT2D eigenvalue weighted by molar-refractivity contribution is 5.15. The first kappa shape index (κ1) is 8.31. The molecule has 2 heteroatoms. The standard InChI is InChI=1S/C9H15N2/c1-3-5-6-9-8(4-2)7-10-11-9/h7H,1,3-6H2,2H3,(H,10,11). The van der Waals surface area contributed by atoms with Crippen LogP contribution in [0.15, 0.2) is 6.20 Å². The predicted molar refractivity (Wildman–Crippen MR) is 46.3 cm³/mol. The molecule has 0 unspecified atom stereocenters. The monoisotopic (exact) mass is 151 g/mol. The smallest absolute Gasteiger partial charge is 0.0653 e. The van der Waals surface area contributed by atoms with Gasteiger partial charge < -0.3 is 0 Å². The number of rotatable bonds is 4. The van der Waals surface area contributed by atoms with Crippen molar-refractivity contribution in [3.8, 4) is 0 Å². The topological polar surface area (TPSA) is 28.7 Å². The highest BCUT2D eigenvalue weighted by atomic mass is 15.1. The molecule has 11 heavy (non-hydrogen) atoms. The minimum Gasteiger partial charge on any atom is -0.285 e. The first-order valence-corrected chi connectivity index (χ1v) is 4.19. The molecule has 0 aliphatic heterocycles. The van der Waals surface area contributed by atoms with Crippen LogP contribution >= 0.6 is 0 Å². The molecule has 0 aliphatic carbocycles. The first-order chi connectivity index (χ1) is 5.38. The van der Waals surface area contributed by atoms with Gasteiger partial charge in [0.15, 0.2) is 0 Å². The van der Waals surface area contributed by atoms with Crippen LogP contribution in [0.5, 0.6) is 0 Å². The SMILES string of the molecule is [CH2]CCCc1n[nH]cc1CC. The van der Waals surface area contributed by atoms with Gasteiger partial charge in [-0.2, -0.15) is 5.10 Å². The number of unbranched alkanes of at least 4 members (excludes halogenated alkanes) is 1. The number of hydrogen-bond donors (Lipinski definition) is 1. The summed E-state index contributed by atoms with van der Waals surface area (Å²) in [6, 6.07) is 0. The zero-order chi connectivity index (χ0) is 8.10. The largest absolute Gasteiger partial charge is 0.285 e. The van der Waals surface area contributed by atoms with E-state index in [1.165, 1.54) is 11.3 Å². The lowest BCUT2D eigenvalue weighted by Gasteiger charge is -1.96. The average molecular weight is 151 g/mol. The van der Waals surface area contributed by atoms with Gasteiger partial charge in [0.1, 0.15) is 0 Å². The van der Waals surface area contributed by atoms with Crippen LogP contribution in [0.4, 0.5) is 0 Å². The maximum atomic E-state index is 4.17. The van der Waals surface area contributed by atoms with Crippen LogP contribution in [0.25, 0.3) is 0 Å². The molecular formula is C9H15N2. The molecular weight excluding hydrogens is 136 g/mol. The van der Waals surface area contributed by atoms with Crippen molar-refractivity contribution in [1.82, 2.24) is 10.2 Å². The fourth-order valence-corrected chi connectivity index (χ4v) is 1.16. The molecule has 61 valence electrons. The molecule has 0 amide bonds. The van der Waals surface area contributed by atoms with E-state index in [2.05, 4.69) is 24.0 Å². The van der Waals surface area contributed by atoms with Crippen LogP contribution in [0.2, 0.25) is 0 Å². The first-order valence-electron chi connectivity index (χ1n) is 4.19. The van der Waals surface area contributed by atoms with Crippen LogP contribution in [0.1, 0.15) is 31.0 Å². The molecule has 0 spiro atoms. The highest BCUT2D eigenvalue weighted by Gasteiger charge is 2.01. The molecule has 1 aromatic heterocycles. The van der Waals surface area contributed by atoms with Crippen molar-refractivity contribution < 1.29 is 0 Å². The number of aromatic nitrogens is 2. The van der Waals surface area contributed by atoms with E-state index in [1.807, 2.05) is 6.20 Å². The van der Waals surface area contributed by atoms with Gasteiger partial charge in [0.25, 0.3) is 0 Å². The summed E-state index contributed by atoms with van der Waals surface area (Å²) < 4.78 is 0. The fourth-order valence-electron chi connectivity index (χ4n) is 1.16. The van der Waals surface area contributed by atoms with Gasteiger partial charge in [-0.3, -0.25) is 5.10 Å². The van der Waals surface area contributed by atoms with E-state index in [9.17, 15) is 0 Å². The third-order valence-electron chi connectivity index (χ3n) is 1.85. The Bertz CT molecular complexity index is 203. The van der Waals surface area contributed by atoms with Crippen molar-refractivity contribution in [1.29, 1.82) is 0 Å². The molecule has 0 aliphatic rings. The molecule has 1 aromatic rings. The van der Waals surface area contributed by atoms with E-state index in [0.29, 0.717) is 0 Å². The molecule has 1 rings (SSSR count). The Kier molecular flexibility index (Phi) is 3.14. The third kappa shape index (κ3) is 2.07. The molecule has 0 saturated heterocycles. The van der Waals surface area contributed by atoms with Gasteiger partial charge in [-0.05, 0) is 24.8 Å². The molecule has 0 atom stereocenters. The molecule has 0 fully saturated rings. The molecule has 2 nitrogen and oxygen atoms in total. The van der Waals surface area contributed by atoms with Crippen LogP contribution in [-0.2, 0) is 12.8 Å². The lowest BCUT2D eigenvalue weighted by atomic mass is 10.1. The number of H-pyrrole nitrogens is 1. The summed E-state index contributed by atoms with van der Waals surface area (Å²) in [6.45, 7) is 5.95. The minimum absolute atomic E-state index is 0.996. The lowest BCUT2D eigenvalue weighted by molar-refractivity contribution is 0.799. The second-order valence-electron chi connectivity index (χ2n) is 2.67. The van der Waals surface area contributed by atoms with Crippen molar-refractivity contribution in [2.45, 2.75) is 32.6 Å². The van der Waals surface area contributed by atoms with Crippen molar-refractivity contribution in [2.24, 2.45) is 0 Å². The fraction of sp³-hybridized carbons (Fsp3) is 0.556. The highest BCUT2D eigenvalue weighted by Crippen LogP contribution is 2.08. The third-order valence-corrected chi connectivity index (χ3v) is 1.85. The summed E-state index contributed by atoms with van der Waals surface area (Å²) in [5, 5.41) is 7.06. The Labute approximate surface area is 68.0 Å². The molecule has 0 bridgehead atoms. The summed E-state index contributed by atoms with van der Waals surface area (Å²) in [7, 11) is 0. The van der Waals surface area contributed by atoms with Crippen LogP contribution in [-0.4, -0.2) is 10.2 Å². The summed E-state index contributed by atoms with van der Waals surface area (Å²) in [4.78, 5) is 0. The molecule has 1 N–H and O–H groups in total. The van der Waals surface area contributed by atoms with Crippen LogP contribution < -0.4 is 0 Å². The van der Waals surface area contributed by atoms with E-state index >= 15 is 0 Å². The quantitative estimate of drug-likeness (QED) is 0.701. The summed E-state index contributed by atoms with van der Waals surface area (Å²) >= 11 is 0. The normalized spacial score (nSPS) is 10.4. The Morgan fingerprint density at radius 3 is 3.09 bits per heavy atom. The zero-order valence-corrected chi connectivity index (χ0v) is 7.06.